The van der Waals surface area contributed by atoms with E-state index in [-0.39, 0.29) is 16.4 Å². The minimum Gasteiger partial charge on any atom is -0.316 e. The van der Waals surface area contributed by atoms with E-state index < -0.39 is 11.9 Å². The van der Waals surface area contributed by atoms with Crippen LogP contribution in [0.2, 0.25) is 10.0 Å². The van der Waals surface area contributed by atoms with Gasteiger partial charge in [0.15, 0.2) is 5.69 Å². The van der Waals surface area contributed by atoms with Crippen LogP contribution < -0.4 is 5.32 Å². The van der Waals surface area contributed by atoms with Crippen molar-refractivity contribution in [2.24, 2.45) is 5.41 Å². The summed E-state index contributed by atoms with van der Waals surface area (Å²) in [5.74, 6) is 0. The van der Waals surface area contributed by atoms with Gasteiger partial charge in [0.25, 0.3) is 0 Å². The van der Waals surface area contributed by atoms with E-state index in [1.807, 2.05) is 12.1 Å². The Labute approximate surface area is 159 Å². The van der Waals surface area contributed by atoms with E-state index in [0.29, 0.717) is 16.6 Å². The van der Waals surface area contributed by atoms with E-state index >= 15 is 0 Å². The van der Waals surface area contributed by atoms with E-state index in [1.54, 1.807) is 6.07 Å². The third-order valence-electron chi connectivity index (χ3n) is 5.87. The molecule has 1 aliphatic heterocycles. The Morgan fingerprint density at radius 1 is 1.27 bits per heavy atom. The zero-order valence-electron chi connectivity index (χ0n) is 14.1. The van der Waals surface area contributed by atoms with E-state index in [0.717, 1.165) is 31.5 Å². The van der Waals surface area contributed by atoms with Crippen molar-refractivity contribution >= 4 is 23.2 Å². The summed E-state index contributed by atoms with van der Waals surface area (Å²) in [6, 6.07) is 5.67. The molecule has 1 saturated heterocycles. The number of piperidine rings is 1. The first-order valence-electron chi connectivity index (χ1n) is 8.44. The van der Waals surface area contributed by atoms with E-state index in [4.69, 9.17) is 23.2 Å². The smallest absolute Gasteiger partial charge is 0.316 e. The minimum absolute atomic E-state index is 0.0925. The zero-order valence-corrected chi connectivity index (χ0v) is 15.6. The highest BCUT2D eigenvalue weighted by molar-refractivity contribution is 6.42. The summed E-state index contributed by atoms with van der Waals surface area (Å²) >= 11 is 12.2. The molecule has 0 amide bonds. The Kier molecular flexibility index (Phi) is 4.10. The lowest BCUT2D eigenvalue weighted by molar-refractivity contribution is -0.142. The summed E-state index contributed by atoms with van der Waals surface area (Å²) in [6.07, 6.45) is -1.13. The van der Waals surface area contributed by atoms with Crippen molar-refractivity contribution in [3.63, 3.8) is 0 Å². The van der Waals surface area contributed by atoms with E-state index in [9.17, 15) is 13.2 Å². The highest BCUT2D eigenvalue weighted by Crippen LogP contribution is 2.68. The van der Waals surface area contributed by atoms with Gasteiger partial charge >= 0.3 is 6.18 Å². The Morgan fingerprint density at radius 3 is 2.69 bits per heavy atom. The van der Waals surface area contributed by atoms with Crippen LogP contribution in [0, 0.1) is 12.3 Å². The van der Waals surface area contributed by atoms with E-state index in [1.165, 1.54) is 17.8 Å². The molecule has 0 bridgehead atoms. The van der Waals surface area contributed by atoms with Gasteiger partial charge in [0.2, 0.25) is 0 Å². The molecular formula is C18H18Cl2F3N3. The van der Waals surface area contributed by atoms with Crippen molar-refractivity contribution in [1.82, 2.24) is 15.1 Å². The van der Waals surface area contributed by atoms with Crippen molar-refractivity contribution < 1.29 is 13.2 Å². The fraction of sp³-hybridized carbons (Fsp3) is 0.500. The molecule has 1 aliphatic carbocycles. The topological polar surface area (TPSA) is 29.9 Å². The first kappa shape index (κ1) is 18.1. The lowest BCUT2D eigenvalue weighted by Crippen LogP contribution is -2.41. The van der Waals surface area contributed by atoms with Crippen LogP contribution in [0.3, 0.4) is 0 Å². The maximum absolute atomic E-state index is 13.1. The predicted molar refractivity (Wildman–Crippen MR) is 94.6 cm³/mol. The van der Waals surface area contributed by atoms with Gasteiger partial charge in [-0.3, -0.25) is 4.68 Å². The van der Waals surface area contributed by atoms with Crippen LogP contribution in [0.25, 0.3) is 0 Å². The van der Waals surface area contributed by atoms with Crippen molar-refractivity contribution in [2.75, 3.05) is 13.1 Å². The van der Waals surface area contributed by atoms with Crippen molar-refractivity contribution in [3.05, 3.63) is 51.3 Å². The Balaban J connectivity index is 1.66. The van der Waals surface area contributed by atoms with Crippen molar-refractivity contribution in [1.29, 1.82) is 0 Å². The third kappa shape index (κ3) is 2.74. The number of nitrogens with zero attached hydrogens (tertiary/aromatic N) is 2. The summed E-state index contributed by atoms with van der Waals surface area (Å²) in [4.78, 5) is 0. The number of benzene rings is 1. The molecule has 2 heterocycles. The Bertz CT molecular complexity index is 864. The largest absolute Gasteiger partial charge is 0.435 e. The van der Waals surface area contributed by atoms with Gasteiger partial charge in [-0.05, 0) is 49.6 Å². The molecular weight excluding hydrogens is 386 g/mol. The molecule has 1 N–H and O–H groups in total. The number of alkyl halides is 3. The molecule has 1 aromatic carbocycles. The number of aromatic nitrogens is 2. The van der Waals surface area contributed by atoms with Gasteiger partial charge in [-0.15, -0.1) is 0 Å². The average Bonchev–Trinajstić information content (AvgIpc) is 3.09. The van der Waals surface area contributed by atoms with Crippen LogP contribution in [-0.2, 0) is 18.1 Å². The molecule has 3 nitrogen and oxygen atoms in total. The normalized spacial score (nSPS) is 28.1. The lowest BCUT2D eigenvalue weighted by atomic mass is 9.81. The Hall–Kier alpha value is -1.24. The van der Waals surface area contributed by atoms with Crippen LogP contribution in [0.4, 0.5) is 13.2 Å². The van der Waals surface area contributed by atoms with Crippen LogP contribution in [0.5, 0.6) is 0 Å². The van der Waals surface area contributed by atoms with Gasteiger partial charge in [0.05, 0.1) is 10.0 Å². The highest BCUT2D eigenvalue weighted by atomic mass is 35.5. The number of hydrogen-bond acceptors (Lipinski definition) is 2. The second kappa shape index (κ2) is 5.88. The maximum Gasteiger partial charge on any atom is 0.435 e. The second-order valence-corrected chi connectivity index (χ2v) is 8.27. The quantitative estimate of drug-likeness (QED) is 0.794. The molecule has 2 fully saturated rings. The van der Waals surface area contributed by atoms with Crippen LogP contribution in [0.15, 0.2) is 24.4 Å². The number of halogens is 5. The molecule has 1 saturated carbocycles. The van der Waals surface area contributed by atoms with E-state index in [2.05, 4.69) is 10.4 Å². The number of rotatable bonds is 3. The maximum atomic E-state index is 13.1. The Morgan fingerprint density at radius 2 is 2.04 bits per heavy atom. The van der Waals surface area contributed by atoms with Gasteiger partial charge < -0.3 is 5.32 Å². The van der Waals surface area contributed by atoms with Gasteiger partial charge in [-0.2, -0.15) is 18.3 Å². The number of fused-ring (bicyclic) bond motifs is 1. The first-order valence-corrected chi connectivity index (χ1v) is 9.20. The third-order valence-corrected chi connectivity index (χ3v) is 6.61. The average molecular weight is 404 g/mol. The summed E-state index contributed by atoms with van der Waals surface area (Å²) in [6.45, 7) is 3.50. The first-order chi connectivity index (χ1) is 12.2. The molecule has 4 rings (SSSR count). The second-order valence-electron chi connectivity index (χ2n) is 7.45. The van der Waals surface area contributed by atoms with Crippen molar-refractivity contribution in [3.8, 4) is 0 Å². The number of aryl methyl sites for hydroxylation is 1. The van der Waals surface area contributed by atoms with Crippen LogP contribution in [0.1, 0.15) is 29.7 Å². The summed E-state index contributed by atoms with van der Waals surface area (Å²) < 4.78 is 40.6. The van der Waals surface area contributed by atoms with Crippen LogP contribution >= 0.6 is 23.2 Å². The summed E-state index contributed by atoms with van der Waals surface area (Å²) in [7, 11) is 0. The van der Waals surface area contributed by atoms with Gasteiger partial charge in [-0.25, -0.2) is 0 Å². The van der Waals surface area contributed by atoms with Gasteiger partial charge in [0, 0.05) is 30.1 Å². The molecule has 1 aromatic heterocycles. The SMILES string of the molecule is Cc1cn(CC23CNCCC2(c2ccc(Cl)c(Cl)c2)C3)nc1C(F)(F)F. The molecule has 0 spiro atoms. The molecule has 8 heteroatoms. The molecule has 2 aliphatic rings. The molecule has 2 aromatic rings. The molecule has 140 valence electrons. The van der Waals surface area contributed by atoms with Gasteiger partial charge in [0.1, 0.15) is 0 Å². The standard InChI is InChI=1S/C18H18Cl2F3N3/c1-11-7-26(25-15(11)18(21,22)23)10-16-8-17(16,4-5-24-9-16)12-2-3-13(19)14(20)6-12/h2-3,6-7,24H,4-5,8-10H2,1H3. The number of hydrogen-bond donors (Lipinski definition) is 1. The lowest BCUT2D eigenvalue weighted by Gasteiger charge is -2.32. The fourth-order valence-electron chi connectivity index (χ4n) is 4.55. The molecule has 2 atom stereocenters. The van der Waals surface area contributed by atoms with Crippen molar-refractivity contribution in [2.45, 2.75) is 37.9 Å². The summed E-state index contributed by atoms with van der Waals surface area (Å²) in [5.41, 5.74) is 0.194. The highest BCUT2D eigenvalue weighted by Gasteiger charge is 2.68. The minimum atomic E-state index is -4.43. The monoisotopic (exact) mass is 403 g/mol. The fourth-order valence-corrected chi connectivity index (χ4v) is 4.85. The number of nitrogens with one attached hydrogen (secondary N) is 1. The molecule has 2 unspecified atom stereocenters. The molecule has 26 heavy (non-hydrogen) atoms. The predicted octanol–water partition coefficient (Wildman–Crippen LogP) is 4.84. The zero-order chi connectivity index (χ0) is 18.7. The molecule has 0 radical (unpaired) electrons. The van der Waals surface area contributed by atoms with Gasteiger partial charge in [-0.1, -0.05) is 29.3 Å². The van der Waals surface area contributed by atoms with Crippen LogP contribution in [-0.4, -0.2) is 22.9 Å². The summed E-state index contributed by atoms with van der Waals surface area (Å²) in [5, 5.41) is 8.22.